The van der Waals surface area contributed by atoms with Gasteiger partial charge in [0.15, 0.2) is 0 Å². The lowest BCUT2D eigenvalue weighted by molar-refractivity contribution is 0.000391. The Morgan fingerprint density at radius 1 is 1.19 bits per heavy atom. The third kappa shape index (κ3) is 1.07. The first-order valence-electron chi connectivity index (χ1n) is 6.78. The third-order valence-corrected chi connectivity index (χ3v) is 7.21. The quantitative estimate of drug-likeness (QED) is 0.458. The minimum absolute atomic E-state index is 0.545. The van der Waals surface area contributed by atoms with Crippen LogP contribution in [0.4, 0.5) is 0 Å². The molecule has 1 spiro atoms. The Morgan fingerprint density at radius 2 is 1.88 bits per heavy atom. The average Bonchev–Trinajstić information content (AvgIpc) is 2.46. The number of rotatable bonds is 2. The van der Waals surface area contributed by atoms with Crippen LogP contribution in [0.1, 0.15) is 52.9 Å². The van der Waals surface area contributed by atoms with Crippen molar-refractivity contribution < 1.29 is 0 Å². The maximum absolute atomic E-state index is 3.85. The van der Waals surface area contributed by atoms with Crippen molar-refractivity contribution in [2.24, 2.45) is 22.2 Å². The Hall–Kier alpha value is 0.690. The van der Waals surface area contributed by atoms with E-state index in [0.717, 1.165) is 16.5 Å². The highest BCUT2D eigenvalue weighted by atomic mass is 127. The summed E-state index contributed by atoms with van der Waals surface area (Å²) < 4.78 is 1.11. The molecule has 92 valence electrons. The zero-order chi connectivity index (χ0) is 11.6. The van der Waals surface area contributed by atoms with Crippen LogP contribution in [-0.2, 0) is 0 Å². The number of nitrogens with one attached hydrogen (secondary N) is 1. The first kappa shape index (κ1) is 11.8. The van der Waals surface area contributed by atoms with Gasteiger partial charge in [-0.15, -0.1) is 0 Å². The van der Waals surface area contributed by atoms with E-state index in [1.807, 2.05) is 0 Å². The molecular weight excluding hydrogens is 309 g/mol. The number of fused-ring (bicyclic) bond motifs is 3. The summed E-state index contributed by atoms with van der Waals surface area (Å²) in [7, 11) is 0. The van der Waals surface area contributed by atoms with Gasteiger partial charge < -0.3 is 5.32 Å². The Bertz CT molecular complexity index is 308. The zero-order valence-corrected chi connectivity index (χ0v) is 12.9. The Balaban J connectivity index is 2.03. The summed E-state index contributed by atoms with van der Waals surface area (Å²) >= 11 is 2.48. The molecule has 1 nitrogen and oxygen atoms in total. The molecule has 0 aromatic carbocycles. The first-order valence-corrected chi connectivity index (χ1v) is 8.31. The summed E-state index contributed by atoms with van der Waals surface area (Å²) in [5.74, 6) is 0.985. The van der Waals surface area contributed by atoms with Crippen LogP contribution in [0, 0.1) is 22.2 Å². The number of hydrogen-bond donors (Lipinski definition) is 1. The van der Waals surface area contributed by atoms with Crippen molar-refractivity contribution in [3.05, 3.63) is 0 Å². The van der Waals surface area contributed by atoms with Crippen LogP contribution in [0.25, 0.3) is 0 Å². The lowest BCUT2D eigenvalue weighted by atomic mass is 9.55. The Labute approximate surface area is 113 Å². The van der Waals surface area contributed by atoms with E-state index in [0.29, 0.717) is 16.2 Å². The van der Waals surface area contributed by atoms with E-state index >= 15 is 0 Å². The Morgan fingerprint density at radius 3 is 2.38 bits per heavy atom. The van der Waals surface area contributed by atoms with E-state index in [-0.39, 0.29) is 0 Å². The van der Waals surface area contributed by atoms with Gasteiger partial charge in [0, 0.05) is 10.6 Å². The molecular formula is C14H24IN. The molecule has 3 rings (SSSR count). The van der Waals surface area contributed by atoms with Gasteiger partial charge in [-0.1, -0.05) is 49.8 Å². The minimum atomic E-state index is 0.545. The highest BCUT2D eigenvalue weighted by Gasteiger charge is 2.73. The molecule has 3 saturated carbocycles. The SMILES string of the molecule is CC1(C)[C@@H]2CC[C@@]1(C)[C@@H](NCI)C21CCC1. The molecule has 2 bridgehead atoms. The van der Waals surface area contributed by atoms with Gasteiger partial charge in [-0.2, -0.15) is 0 Å². The van der Waals surface area contributed by atoms with Gasteiger partial charge in [-0.25, -0.2) is 0 Å². The highest BCUT2D eigenvalue weighted by Crippen LogP contribution is 2.76. The molecule has 0 unspecified atom stereocenters. The molecule has 0 saturated heterocycles. The predicted molar refractivity (Wildman–Crippen MR) is 76.7 cm³/mol. The molecule has 0 amide bonds. The van der Waals surface area contributed by atoms with Gasteiger partial charge in [0.05, 0.1) is 0 Å². The molecule has 3 aliphatic rings. The molecule has 3 fully saturated rings. The monoisotopic (exact) mass is 333 g/mol. The molecule has 0 radical (unpaired) electrons. The zero-order valence-electron chi connectivity index (χ0n) is 10.8. The van der Waals surface area contributed by atoms with Crippen LogP contribution < -0.4 is 5.32 Å². The second kappa shape index (κ2) is 3.37. The van der Waals surface area contributed by atoms with E-state index in [1.54, 1.807) is 0 Å². The van der Waals surface area contributed by atoms with E-state index in [1.165, 1.54) is 32.1 Å². The fraction of sp³-hybridized carbons (Fsp3) is 1.00. The predicted octanol–water partition coefficient (Wildman–Crippen LogP) is 3.96. The van der Waals surface area contributed by atoms with Gasteiger partial charge in [0.25, 0.3) is 0 Å². The summed E-state index contributed by atoms with van der Waals surface area (Å²) in [6.07, 6.45) is 7.39. The van der Waals surface area contributed by atoms with Crippen molar-refractivity contribution in [1.29, 1.82) is 0 Å². The maximum atomic E-state index is 3.85. The molecule has 0 aromatic heterocycles. The second-order valence-corrected chi connectivity index (χ2v) is 7.85. The standard InChI is InChI=1S/C14H24IN/c1-12(2)10-5-8-13(12,3)11(16-9-15)14(10)6-4-7-14/h10-11,16H,4-9H2,1-3H3/t10-,11+,13-/m0/s1. The molecule has 0 aliphatic heterocycles. The number of halogens is 1. The Kier molecular flexibility index (Phi) is 2.48. The first-order chi connectivity index (χ1) is 7.49. The lowest BCUT2D eigenvalue weighted by Crippen LogP contribution is -2.55. The van der Waals surface area contributed by atoms with Crippen LogP contribution in [0.5, 0.6) is 0 Å². The van der Waals surface area contributed by atoms with E-state index < -0.39 is 0 Å². The van der Waals surface area contributed by atoms with Gasteiger partial charge in [-0.05, 0) is 47.8 Å². The fourth-order valence-corrected chi connectivity index (χ4v) is 6.05. The molecule has 2 heteroatoms. The van der Waals surface area contributed by atoms with Crippen molar-refractivity contribution in [3.8, 4) is 0 Å². The molecule has 16 heavy (non-hydrogen) atoms. The molecule has 0 aromatic rings. The molecule has 1 N–H and O–H groups in total. The van der Waals surface area contributed by atoms with Crippen molar-refractivity contribution in [1.82, 2.24) is 5.32 Å². The van der Waals surface area contributed by atoms with Gasteiger partial charge in [0.1, 0.15) is 0 Å². The summed E-state index contributed by atoms with van der Waals surface area (Å²) in [6, 6.07) is 0.791. The summed E-state index contributed by atoms with van der Waals surface area (Å²) in [5.41, 5.74) is 1.78. The topological polar surface area (TPSA) is 12.0 Å². The van der Waals surface area contributed by atoms with Gasteiger partial charge >= 0.3 is 0 Å². The number of alkyl halides is 1. The van der Waals surface area contributed by atoms with Crippen LogP contribution in [-0.4, -0.2) is 10.6 Å². The van der Waals surface area contributed by atoms with Crippen LogP contribution in [0.15, 0.2) is 0 Å². The summed E-state index contributed by atoms with van der Waals surface area (Å²) in [5, 5.41) is 3.85. The van der Waals surface area contributed by atoms with E-state index in [9.17, 15) is 0 Å². The van der Waals surface area contributed by atoms with Crippen molar-refractivity contribution in [2.75, 3.05) is 4.55 Å². The van der Waals surface area contributed by atoms with E-state index in [2.05, 4.69) is 48.7 Å². The summed E-state index contributed by atoms with van der Waals surface area (Å²) in [6.45, 7) is 7.64. The van der Waals surface area contributed by atoms with Crippen molar-refractivity contribution in [2.45, 2.75) is 58.9 Å². The summed E-state index contributed by atoms with van der Waals surface area (Å²) in [4.78, 5) is 0. The van der Waals surface area contributed by atoms with Crippen LogP contribution >= 0.6 is 22.6 Å². The largest absolute Gasteiger partial charge is 0.304 e. The number of hydrogen-bond acceptors (Lipinski definition) is 1. The lowest BCUT2D eigenvalue weighted by Gasteiger charge is -2.53. The highest BCUT2D eigenvalue weighted by molar-refractivity contribution is 14.1. The normalized spacial score (nSPS) is 47.2. The van der Waals surface area contributed by atoms with Gasteiger partial charge in [-0.3, -0.25) is 0 Å². The van der Waals surface area contributed by atoms with Crippen molar-refractivity contribution in [3.63, 3.8) is 0 Å². The van der Waals surface area contributed by atoms with Crippen molar-refractivity contribution >= 4 is 22.6 Å². The second-order valence-electron chi connectivity index (χ2n) is 7.09. The average molecular weight is 333 g/mol. The fourth-order valence-electron chi connectivity index (χ4n) is 5.61. The smallest absolute Gasteiger partial charge is 0.0482 e. The molecule has 3 aliphatic carbocycles. The van der Waals surface area contributed by atoms with Crippen LogP contribution in [0.3, 0.4) is 0 Å². The molecule has 3 atom stereocenters. The van der Waals surface area contributed by atoms with E-state index in [4.69, 9.17) is 0 Å². The maximum Gasteiger partial charge on any atom is 0.0482 e. The van der Waals surface area contributed by atoms with Gasteiger partial charge in [0.2, 0.25) is 0 Å². The molecule has 0 heterocycles. The van der Waals surface area contributed by atoms with Crippen LogP contribution in [0.2, 0.25) is 0 Å². The minimum Gasteiger partial charge on any atom is -0.304 e. The third-order valence-electron chi connectivity index (χ3n) is 6.77.